The number of fused-ring (bicyclic) bond motifs is 4. The summed E-state index contributed by atoms with van der Waals surface area (Å²) < 4.78 is 34.8. The van der Waals surface area contributed by atoms with Crippen LogP contribution in [0.5, 0.6) is 11.5 Å². The molecule has 10 aromatic carbocycles. The first-order valence-electron chi connectivity index (χ1n) is 27.2. The van der Waals surface area contributed by atoms with Crippen LogP contribution in [0.3, 0.4) is 0 Å². The number of anilines is 4. The maximum Gasteiger partial charge on any atom is 0.135 e. The summed E-state index contributed by atoms with van der Waals surface area (Å²) in [5.41, 5.74) is 17.1. The quantitative estimate of drug-likeness (QED) is 0.128. The Morgan fingerprint density at radius 1 is 0.481 bits per heavy atom. The number of benzene rings is 10. The van der Waals surface area contributed by atoms with E-state index in [0.717, 1.165) is 89.1 Å². The van der Waals surface area contributed by atoms with E-state index in [1.54, 1.807) is 12.3 Å². The predicted octanol–water partition coefficient (Wildman–Crippen LogP) is 18.9. The molecule has 1 aliphatic heterocycles. The van der Waals surface area contributed by atoms with Gasteiger partial charge < -0.3 is 19.1 Å². The van der Waals surface area contributed by atoms with Crippen molar-refractivity contribution in [2.45, 2.75) is 33.0 Å². The van der Waals surface area contributed by atoms with Gasteiger partial charge in [-0.25, -0.2) is 4.98 Å². The number of aryl methyl sites for hydroxylation is 1. The van der Waals surface area contributed by atoms with Crippen LogP contribution in [0.15, 0.2) is 243 Å². The molecule has 12 aromatic rings. The number of pyridine rings is 1. The number of hydrogen-bond acceptors (Lipinski definition) is 4. The van der Waals surface area contributed by atoms with Gasteiger partial charge in [-0.3, -0.25) is 0 Å². The Hall–Kier alpha value is -8.76. The second kappa shape index (κ2) is 20.4. The van der Waals surface area contributed by atoms with E-state index in [9.17, 15) is 0 Å². The zero-order chi connectivity index (χ0) is 53.8. The molecule has 1 aliphatic rings. The Labute approximate surface area is 469 Å². The topological polar surface area (TPSA) is 33.5 Å². The molecule has 0 amide bonds. The predicted molar refractivity (Wildman–Crippen MR) is 315 cm³/mol. The molecule has 5 nitrogen and oxygen atoms in total. The zero-order valence-electron chi connectivity index (χ0n) is 45.7. The van der Waals surface area contributed by atoms with Gasteiger partial charge in [0.1, 0.15) is 5.82 Å². The first kappa shape index (κ1) is 45.6. The number of nitrogens with zero attached hydrogens (tertiary/aromatic N) is 4. The second-order valence-electron chi connectivity index (χ2n) is 20.3. The maximum absolute atomic E-state index is 8.67. The van der Waals surface area contributed by atoms with Gasteiger partial charge in [-0.2, -0.15) is 12.1 Å². The fraction of sp³-hybridized carbons (Fsp3) is 0.0704. The fourth-order valence-corrected chi connectivity index (χ4v) is 10.6. The first-order chi connectivity index (χ1) is 38.4. The van der Waals surface area contributed by atoms with Crippen LogP contribution in [0, 0.1) is 25.7 Å². The minimum Gasteiger partial charge on any atom is -0.509 e. The van der Waals surface area contributed by atoms with Crippen LogP contribution in [0.1, 0.15) is 36.0 Å². The summed E-state index contributed by atoms with van der Waals surface area (Å²) >= 11 is 0. The molecule has 3 heterocycles. The standard InChI is InChI=1S/C71H53N4O.Pt/c1-48-41-69(72-46-64(48)51-23-12-7-13-24-51)75-65-40-35-54(50-21-10-6-11-22-50)43-63(65)62-39-38-59(45-68(62)75)76-58-28-17-27-57(44-58)73-47-74(67-32-15-14-31-66(67)73)70-60(52-33-36-56(37-34-52)71(2,3)4)29-18-30-61(70)55-26-16-25-53(42-55)49-19-8-5-9-20-49;/h5-43,46-47H,1-4H3;/q-3;/i1D3;. The number of hydrogen-bond donors (Lipinski definition) is 0. The molecule has 77 heavy (non-hydrogen) atoms. The summed E-state index contributed by atoms with van der Waals surface area (Å²) in [4.78, 5) is 9.47. The van der Waals surface area contributed by atoms with Gasteiger partial charge in [0, 0.05) is 82.1 Å². The van der Waals surface area contributed by atoms with E-state index >= 15 is 0 Å². The fourth-order valence-electron chi connectivity index (χ4n) is 10.6. The van der Waals surface area contributed by atoms with Crippen molar-refractivity contribution in [2.75, 3.05) is 9.80 Å². The molecule has 0 spiro atoms. The van der Waals surface area contributed by atoms with Crippen molar-refractivity contribution in [2.24, 2.45) is 0 Å². The van der Waals surface area contributed by atoms with Gasteiger partial charge >= 0.3 is 0 Å². The van der Waals surface area contributed by atoms with Gasteiger partial charge in [-0.1, -0.05) is 202 Å². The Morgan fingerprint density at radius 3 is 1.75 bits per heavy atom. The molecule has 2 aromatic heterocycles. The van der Waals surface area contributed by atoms with Crippen molar-refractivity contribution >= 4 is 44.6 Å². The molecule has 0 aliphatic carbocycles. The molecule has 13 rings (SSSR count). The molecule has 0 saturated heterocycles. The summed E-state index contributed by atoms with van der Waals surface area (Å²) in [6.07, 6.45) is 1.67. The average Bonchev–Trinajstić information content (AvgIpc) is 4.11. The van der Waals surface area contributed by atoms with E-state index < -0.39 is 6.85 Å². The molecule has 0 unspecified atom stereocenters. The van der Waals surface area contributed by atoms with Gasteiger partial charge in [0.2, 0.25) is 0 Å². The molecular weight excluding hydrogens is 1120 g/mol. The van der Waals surface area contributed by atoms with Gasteiger partial charge in [-0.05, 0) is 98.1 Å². The van der Waals surface area contributed by atoms with Gasteiger partial charge in [-0.15, -0.1) is 48.1 Å². The summed E-state index contributed by atoms with van der Waals surface area (Å²) in [6.45, 7) is 6.50. The third kappa shape index (κ3) is 9.32. The van der Waals surface area contributed by atoms with Gasteiger partial charge in [0.25, 0.3) is 0 Å². The molecule has 6 heteroatoms. The van der Waals surface area contributed by atoms with Gasteiger partial charge in [0.05, 0.1) is 0 Å². The Kier molecular flexibility index (Phi) is 12.1. The third-order valence-corrected chi connectivity index (χ3v) is 14.4. The van der Waals surface area contributed by atoms with Crippen LogP contribution in [0.25, 0.3) is 83.3 Å². The summed E-state index contributed by atoms with van der Waals surface area (Å²) in [5, 5.41) is 1.89. The van der Waals surface area contributed by atoms with Crippen molar-refractivity contribution in [1.29, 1.82) is 0 Å². The number of para-hydroxylation sites is 3. The van der Waals surface area contributed by atoms with Crippen LogP contribution in [0.4, 0.5) is 22.7 Å². The van der Waals surface area contributed by atoms with Crippen molar-refractivity contribution < 1.29 is 29.9 Å². The molecule has 0 atom stereocenters. The largest absolute Gasteiger partial charge is 0.509 e. The maximum atomic E-state index is 8.67. The SMILES string of the molecule is [2H]C([2H])([2H])c1cc(-n2c3[c-]c(Oc4[c-]c(N5[CH-]N(c6c(-c7ccc(C(C)(C)C)cc7)cccc6-c6cccc(-c7ccccc7)c6)c6ccccc65)ccc4)ccc3c3cc(-c4ccccc4)ccc32)ncc1-c1ccccc1.[Pt]. The van der Waals surface area contributed by atoms with Crippen LogP contribution >= 0.6 is 0 Å². The minimum atomic E-state index is -2.41. The van der Waals surface area contributed by atoms with Crippen LogP contribution in [-0.4, -0.2) is 9.55 Å². The smallest absolute Gasteiger partial charge is 0.135 e. The number of aromatic nitrogens is 2. The Bertz CT molecular complexity index is 4230. The molecule has 376 valence electrons. The number of rotatable bonds is 10. The van der Waals surface area contributed by atoms with E-state index in [2.05, 4.69) is 201 Å². The van der Waals surface area contributed by atoms with Crippen molar-refractivity contribution in [1.82, 2.24) is 9.55 Å². The normalized spacial score (nSPS) is 12.9. The number of ether oxygens (including phenoxy) is 1. The summed E-state index contributed by atoms with van der Waals surface area (Å²) in [6, 6.07) is 88.5. The summed E-state index contributed by atoms with van der Waals surface area (Å²) in [5.74, 6) is 1.43. The summed E-state index contributed by atoms with van der Waals surface area (Å²) in [7, 11) is 0. The van der Waals surface area contributed by atoms with Crippen molar-refractivity contribution in [3.63, 3.8) is 0 Å². The van der Waals surface area contributed by atoms with Crippen LogP contribution in [0.2, 0.25) is 0 Å². The molecule has 0 bridgehead atoms. The molecule has 0 saturated carbocycles. The Balaban J connectivity index is 0.00000637. The molecule has 0 N–H and O–H groups in total. The monoisotopic (exact) mass is 1180 g/mol. The van der Waals surface area contributed by atoms with Crippen LogP contribution < -0.4 is 14.5 Å². The molecular formula is C71H53N4OPt-3. The third-order valence-electron chi connectivity index (χ3n) is 14.4. The molecule has 0 fully saturated rings. The van der Waals surface area contributed by atoms with E-state index in [1.165, 1.54) is 5.56 Å². The Morgan fingerprint density at radius 2 is 1.05 bits per heavy atom. The van der Waals surface area contributed by atoms with Crippen molar-refractivity contribution in [3.05, 3.63) is 273 Å². The zero-order valence-corrected chi connectivity index (χ0v) is 45.0. The van der Waals surface area contributed by atoms with Crippen LogP contribution in [-0.2, 0) is 26.5 Å². The van der Waals surface area contributed by atoms with Crippen molar-refractivity contribution in [3.8, 4) is 73.0 Å². The van der Waals surface area contributed by atoms with E-state index in [-0.39, 0.29) is 32.0 Å². The van der Waals surface area contributed by atoms with Gasteiger partial charge in [0.15, 0.2) is 0 Å². The first-order valence-corrected chi connectivity index (χ1v) is 25.7. The van der Waals surface area contributed by atoms with E-state index in [0.29, 0.717) is 28.4 Å². The second-order valence-corrected chi connectivity index (χ2v) is 20.3. The van der Waals surface area contributed by atoms with E-state index in [1.807, 2.05) is 83.4 Å². The minimum absolute atomic E-state index is 0. The molecule has 0 radical (unpaired) electrons. The van der Waals surface area contributed by atoms with E-state index in [4.69, 9.17) is 13.8 Å². The average molecular weight is 1180 g/mol.